The predicted octanol–water partition coefficient (Wildman–Crippen LogP) is 2.80. The smallest absolute Gasteiger partial charge is 0.217 e. The van der Waals surface area contributed by atoms with Gasteiger partial charge in [0.25, 0.3) is 0 Å². The molecule has 1 heterocycles. The van der Waals surface area contributed by atoms with Crippen LogP contribution in [-0.4, -0.2) is 49.6 Å². The third-order valence-corrected chi connectivity index (χ3v) is 4.51. The van der Waals surface area contributed by atoms with E-state index in [4.69, 9.17) is 10.5 Å². The van der Waals surface area contributed by atoms with Crippen molar-refractivity contribution in [1.29, 1.82) is 0 Å². The minimum Gasteiger partial charge on any atom is -0.491 e. The molecule has 1 amide bonds. The van der Waals surface area contributed by atoms with Gasteiger partial charge >= 0.3 is 0 Å². The van der Waals surface area contributed by atoms with Gasteiger partial charge in [-0.2, -0.15) is 0 Å². The number of nitrogens with two attached hydrogens (primary N) is 1. The molecule has 1 aliphatic heterocycles. The van der Waals surface area contributed by atoms with E-state index < -0.39 is 0 Å². The number of carbonyl (C=O) groups is 1. The van der Waals surface area contributed by atoms with Gasteiger partial charge in [0.2, 0.25) is 5.91 Å². The monoisotopic (exact) mass is 488 g/mol. The molecule has 2 rings (SSSR count). The van der Waals surface area contributed by atoms with E-state index in [2.05, 4.69) is 27.3 Å². The van der Waals surface area contributed by atoms with Crippen molar-refractivity contribution in [3.63, 3.8) is 0 Å². The van der Waals surface area contributed by atoms with Crippen LogP contribution in [0, 0.1) is 5.92 Å². The number of rotatable bonds is 7. The number of amides is 1. The first-order valence-corrected chi connectivity index (χ1v) is 9.47. The van der Waals surface area contributed by atoms with Crippen LogP contribution in [0.2, 0.25) is 0 Å². The van der Waals surface area contributed by atoms with Gasteiger partial charge in [-0.15, -0.1) is 24.0 Å². The molecule has 27 heavy (non-hydrogen) atoms. The highest BCUT2D eigenvalue weighted by atomic mass is 127. The number of nitrogens with zero attached hydrogens (tertiary/aromatic N) is 2. The molecule has 1 saturated heterocycles. The number of carbonyl (C=O) groups excluding carboxylic acids is 1. The molecule has 3 N–H and O–H groups in total. The molecule has 1 aromatic rings. The minimum absolute atomic E-state index is 0. The Kier molecular flexibility index (Phi) is 10.5. The number of benzene rings is 1. The van der Waals surface area contributed by atoms with E-state index >= 15 is 0 Å². The van der Waals surface area contributed by atoms with Gasteiger partial charge in [0.1, 0.15) is 5.75 Å². The Balaban J connectivity index is 0.00000364. The molecule has 7 heteroatoms. The summed E-state index contributed by atoms with van der Waals surface area (Å²) in [5, 5.41) is 3.44. The van der Waals surface area contributed by atoms with Crippen molar-refractivity contribution in [2.75, 3.05) is 26.7 Å². The van der Waals surface area contributed by atoms with Gasteiger partial charge in [-0.1, -0.05) is 12.1 Å². The standard InChI is InChI=1S/C20H32N4O2.HI/c1-15(2)26-18-8-6-16(7-9-18)10-11-23-20(22-3)24-12-4-5-17(14-24)13-19(21)25;/h6-9,15,17H,4-5,10-14H2,1-3H3,(H2,21,25)(H,22,23);1H. The average molecular weight is 488 g/mol. The van der Waals surface area contributed by atoms with Gasteiger partial charge in [-0.25, -0.2) is 0 Å². The Morgan fingerprint density at radius 2 is 2.07 bits per heavy atom. The van der Waals surface area contributed by atoms with E-state index in [1.807, 2.05) is 26.0 Å². The highest BCUT2D eigenvalue weighted by molar-refractivity contribution is 14.0. The number of nitrogens with one attached hydrogen (secondary N) is 1. The summed E-state index contributed by atoms with van der Waals surface area (Å²) in [7, 11) is 1.80. The van der Waals surface area contributed by atoms with E-state index in [9.17, 15) is 4.79 Å². The molecule has 0 radical (unpaired) electrons. The summed E-state index contributed by atoms with van der Waals surface area (Å²) in [6.07, 6.45) is 3.68. The van der Waals surface area contributed by atoms with Crippen LogP contribution in [0.1, 0.15) is 38.7 Å². The van der Waals surface area contributed by atoms with Crippen LogP contribution in [0.3, 0.4) is 0 Å². The van der Waals surface area contributed by atoms with Crippen LogP contribution in [0.15, 0.2) is 29.3 Å². The average Bonchev–Trinajstić information content (AvgIpc) is 2.59. The molecule has 1 atom stereocenters. The number of hydrogen-bond donors (Lipinski definition) is 2. The summed E-state index contributed by atoms with van der Waals surface area (Å²) >= 11 is 0. The Bertz CT molecular complexity index is 605. The van der Waals surface area contributed by atoms with Crippen molar-refractivity contribution in [3.05, 3.63) is 29.8 Å². The Morgan fingerprint density at radius 1 is 1.37 bits per heavy atom. The fourth-order valence-corrected chi connectivity index (χ4v) is 3.37. The first kappa shape index (κ1) is 23.5. The normalized spacial score (nSPS) is 17.4. The van der Waals surface area contributed by atoms with Gasteiger partial charge in [0.15, 0.2) is 5.96 Å². The number of halogens is 1. The van der Waals surface area contributed by atoms with E-state index in [0.29, 0.717) is 12.3 Å². The fraction of sp³-hybridized carbons (Fsp3) is 0.600. The summed E-state index contributed by atoms with van der Waals surface area (Å²) < 4.78 is 5.67. The van der Waals surface area contributed by atoms with Crippen LogP contribution in [0.5, 0.6) is 5.75 Å². The number of piperidine rings is 1. The van der Waals surface area contributed by atoms with E-state index in [1.54, 1.807) is 7.05 Å². The Morgan fingerprint density at radius 3 is 2.67 bits per heavy atom. The van der Waals surface area contributed by atoms with Crippen LogP contribution in [-0.2, 0) is 11.2 Å². The number of primary amides is 1. The first-order valence-electron chi connectivity index (χ1n) is 9.47. The molecule has 152 valence electrons. The molecular weight excluding hydrogens is 455 g/mol. The molecule has 0 saturated carbocycles. The summed E-state index contributed by atoms with van der Waals surface area (Å²) in [6, 6.07) is 8.24. The van der Waals surface area contributed by atoms with Crippen LogP contribution in [0.4, 0.5) is 0 Å². The van der Waals surface area contributed by atoms with Crippen LogP contribution >= 0.6 is 24.0 Å². The van der Waals surface area contributed by atoms with Gasteiger partial charge < -0.3 is 20.7 Å². The van der Waals surface area contributed by atoms with Gasteiger partial charge in [-0.3, -0.25) is 9.79 Å². The molecular formula is C20H33IN4O2. The zero-order chi connectivity index (χ0) is 18.9. The molecule has 1 fully saturated rings. The molecule has 6 nitrogen and oxygen atoms in total. The zero-order valence-corrected chi connectivity index (χ0v) is 18.9. The highest BCUT2D eigenvalue weighted by Gasteiger charge is 2.23. The lowest BCUT2D eigenvalue weighted by atomic mass is 9.95. The number of hydrogen-bond acceptors (Lipinski definition) is 3. The van der Waals surface area contributed by atoms with Crippen molar-refractivity contribution in [1.82, 2.24) is 10.2 Å². The van der Waals surface area contributed by atoms with Crippen molar-refractivity contribution < 1.29 is 9.53 Å². The number of ether oxygens (including phenoxy) is 1. The maximum absolute atomic E-state index is 11.2. The summed E-state index contributed by atoms with van der Waals surface area (Å²) in [5.41, 5.74) is 6.61. The van der Waals surface area contributed by atoms with Gasteiger partial charge in [-0.05, 0) is 56.7 Å². The fourth-order valence-electron chi connectivity index (χ4n) is 3.37. The van der Waals surface area contributed by atoms with Gasteiger partial charge in [0.05, 0.1) is 6.10 Å². The molecule has 1 aromatic carbocycles. The van der Waals surface area contributed by atoms with E-state index in [-0.39, 0.29) is 36.0 Å². The molecule has 1 aliphatic rings. The predicted molar refractivity (Wildman–Crippen MR) is 121 cm³/mol. The molecule has 1 unspecified atom stereocenters. The topological polar surface area (TPSA) is 80.0 Å². The second kappa shape index (κ2) is 12.0. The van der Waals surface area contributed by atoms with Crippen LogP contribution in [0.25, 0.3) is 0 Å². The summed E-state index contributed by atoms with van der Waals surface area (Å²) in [6.45, 7) is 6.67. The Hall–Kier alpha value is -1.51. The lowest BCUT2D eigenvalue weighted by molar-refractivity contribution is -0.119. The lowest BCUT2D eigenvalue weighted by Crippen LogP contribution is -2.47. The molecule has 0 aromatic heterocycles. The third-order valence-electron chi connectivity index (χ3n) is 4.51. The summed E-state index contributed by atoms with van der Waals surface area (Å²) in [4.78, 5) is 17.8. The second-order valence-electron chi connectivity index (χ2n) is 7.16. The van der Waals surface area contributed by atoms with Gasteiger partial charge in [0, 0.05) is 33.1 Å². The maximum atomic E-state index is 11.2. The van der Waals surface area contributed by atoms with Crippen LogP contribution < -0.4 is 15.8 Å². The molecule has 0 aliphatic carbocycles. The number of likely N-dealkylation sites (tertiary alicyclic amines) is 1. The van der Waals surface area contributed by atoms with Crippen molar-refractivity contribution in [2.45, 2.75) is 45.6 Å². The summed E-state index contributed by atoms with van der Waals surface area (Å²) in [5.74, 6) is 1.92. The third kappa shape index (κ3) is 8.36. The maximum Gasteiger partial charge on any atom is 0.217 e. The first-order chi connectivity index (χ1) is 12.5. The largest absolute Gasteiger partial charge is 0.491 e. The second-order valence-corrected chi connectivity index (χ2v) is 7.16. The van der Waals surface area contributed by atoms with E-state index in [1.165, 1.54) is 5.56 Å². The molecule has 0 spiro atoms. The number of aliphatic imine (C=N–C) groups is 1. The Labute approximate surface area is 179 Å². The zero-order valence-electron chi connectivity index (χ0n) is 16.6. The highest BCUT2D eigenvalue weighted by Crippen LogP contribution is 2.19. The van der Waals surface area contributed by atoms with Crippen molar-refractivity contribution in [3.8, 4) is 5.75 Å². The van der Waals surface area contributed by atoms with Crippen molar-refractivity contribution in [2.24, 2.45) is 16.6 Å². The minimum atomic E-state index is -0.218. The number of guanidine groups is 1. The SMILES string of the molecule is CN=C(NCCc1ccc(OC(C)C)cc1)N1CCCC(CC(N)=O)C1.I. The quantitative estimate of drug-likeness (QED) is 0.352. The van der Waals surface area contributed by atoms with Crippen molar-refractivity contribution >= 4 is 35.8 Å². The molecule has 0 bridgehead atoms. The lowest BCUT2D eigenvalue weighted by Gasteiger charge is -2.34. The van der Waals surface area contributed by atoms with E-state index in [0.717, 1.165) is 50.6 Å².